The van der Waals surface area contributed by atoms with E-state index in [0.29, 0.717) is 17.5 Å². The molecule has 1 aliphatic heterocycles. The lowest BCUT2D eigenvalue weighted by Crippen LogP contribution is -2.17. The molecule has 4 rings (SSSR count). The molecule has 0 amide bonds. The van der Waals surface area contributed by atoms with E-state index in [1.54, 1.807) is 23.9 Å². The molecule has 0 spiro atoms. The summed E-state index contributed by atoms with van der Waals surface area (Å²) in [4.78, 5) is 10.9. The lowest BCUT2D eigenvalue weighted by molar-refractivity contribution is 0.331. The Morgan fingerprint density at radius 3 is 2.83 bits per heavy atom. The number of hydrogen-bond donors (Lipinski definition) is 2. The molecule has 1 aliphatic rings. The van der Waals surface area contributed by atoms with Crippen LogP contribution in [-0.2, 0) is 13.0 Å². The molecule has 1 aromatic carbocycles. The van der Waals surface area contributed by atoms with Gasteiger partial charge in [-0.1, -0.05) is 0 Å². The summed E-state index contributed by atoms with van der Waals surface area (Å²) in [7, 11) is 5.38. The van der Waals surface area contributed by atoms with Crippen molar-refractivity contribution >= 4 is 17.5 Å². The lowest BCUT2D eigenvalue weighted by atomic mass is 10.2. The maximum Gasteiger partial charge on any atom is 0.229 e. The number of aryl methyl sites for hydroxylation is 2. The zero-order valence-corrected chi connectivity index (χ0v) is 17.7. The van der Waals surface area contributed by atoms with Gasteiger partial charge in [-0.15, -0.1) is 0 Å². The third-order valence-corrected chi connectivity index (χ3v) is 5.16. The van der Waals surface area contributed by atoms with Crippen LogP contribution in [0.5, 0.6) is 5.75 Å². The monoisotopic (exact) mass is 411 g/mol. The fourth-order valence-corrected chi connectivity index (χ4v) is 3.68. The zero-order valence-electron chi connectivity index (χ0n) is 17.7. The molecule has 2 aromatic heterocycles. The highest BCUT2D eigenvalue weighted by Gasteiger charge is 2.22. The van der Waals surface area contributed by atoms with Crippen LogP contribution in [-0.4, -0.2) is 52.4 Å². The highest BCUT2D eigenvalue weighted by atomic mass is 19.1. The van der Waals surface area contributed by atoms with Gasteiger partial charge in [0.15, 0.2) is 5.82 Å². The van der Waals surface area contributed by atoms with Crippen molar-refractivity contribution in [2.75, 3.05) is 38.4 Å². The number of fused-ring (bicyclic) bond motifs is 1. The Kier molecular flexibility index (Phi) is 5.54. The average Bonchev–Trinajstić information content (AvgIpc) is 3.02. The number of rotatable bonds is 5. The molecule has 3 heterocycles. The lowest BCUT2D eigenvalue weighted by Gasteiger charge is -2.15. The summed E-state index contributed by atoms with van der Waals surface area (Å²) >= 11 is 0. The van der Waals surface area contributed by atoms with E-state index in [-0.39, 0.29) is 11.4 Å². The van der Waals surface area contributed by atoms with E-state index in [9.17, 15) is 0 Å². The van der Waals surface area contributed by atoms with E-state index < -0.39 is 5.82 Å². The normalized spacial score (nSPS) is 14.2. The van der Waals surface area contributed by atoms with Crippen LogP contribution in [0.2, 0.25) is 0 Å². The Labute approximate surface area is 175 Å². The second-order valence-electron chi connectivity index (χ2n) is 7.46. The van der Waals surface area contributed by atoms with Crippen LogP contribution in [0.15, 0.2) is 24.4 Å². The number of ether oxygens (including phenoxy) is 1. The second-order valence-corrected chi connectivity index (χ2v) is 7.46. The predicted octanol–water partition coefficient (Wildman–Crippen LogP) is 3.28. The molecule has 2 N–H and O–H groups in total. The molecule has 0 aliphatic carbocycles. The Morgan fingerprint density at radius 2 is 2.07 bits per heavy atom. The summed E-state index contributed by atoms with van der Waals surface area (Å²) < 4.78 is 22.6. The number of benzene rings is 1. The predicted molar refractivity (Wildman–Crippen MR) is 114 cm³/mol. The van der Waals surface area contributed by atoms with Gasteiger partial charge in [-0.25, -0.2) is 14.1 Å². The summed E-state index contributed by atoms with van der Waals surface area (Å²) in [6, 6.07) is 5.15. The van der Waals surface area contributed by atoms with Gasteiger partial charge in [0.05, 0.1) is 18.5 Å². The minimum atomic E-state index is -0.475. The van der Waals surface area contributed by atoms with Crippen molar-refractivity contribution in [3.8, 4) is 11.4 Å². The molecule has 158 valence electrons. The van der Waals surface area contributed by atoms with Gasteiger partial charge < -0.3 is 20.3 Å². The van der Waals surface area contributed by atoms with E-state index in [4.69, 9.17) is 4.74 Å². The van der Waals surface area contributed by atoms with Crippen molar-refractivity contribution in [2.24, 2.45) is 0 Å². The first kappa shape index (κ1) is 20.1. The van der Waals surface area contributed by atoms with Crippen molar-refractivity contribution in [2.45, 2.75) is 26.3 Å². The first-order chi connectivity index (χ1) is 14.5. The molecular weight excluding hydrogens is 385 g/mol. The largest absolute Gasteiger partial charge is 0.494 e. The molecule has 0 saturated heterocycles. The van der Waals surface area contributed by atoms with E-state index in [1.807, 2.05) is 19.2 Å². The SMILES string of the molecule is CNc1cc(C)nc(Nc2ccc(OC)c(-n3cc4c(n3)CCCN(C)C4)c2F)n1. The molecule has 0 radical (unpaired) electrons. The second kappa shape index (κ2) is 8.27. The van der Waals surface area contributed by atoms with Crippen LogP contribution in [0.4, 0.5) is 21.8 Å². The zero-order chi connectivity index (χ0) is 21.3. The molecule has 0 atom stereocenters. The molecule has 9 heteroatoms. The first-order valence-electron chi connectivity index (χ1n) is 9.91. The molecule has 0 fully saturated rings. The average molecular weight is 411 g/mol. The number of halogens is 1. The number of nitrogens with zero attached hydrogens (tertiary/aromatic N) is 5. The Balaban J connectivity index is 1.74. The molecule has 30 heavy (non-hydrogen) atoms. The molecule has 0 unspecified atom stereocenters. The van der Waals surface area contributed by atoms with Gasteiger partial charge in [0.1, 0.15) is 17.3 Å². The molecule has 8 nitrogen and oxygen atoms in total. The maximum atomic E-state index is 15.6. The van der Waals surface area contributed by atoms with Gasteiger partial charge in [-0.3, -0.25) is 0 Å². The van der Waals surface area contributed by atoms with Crippen molar-refractivity contribution < 1.29 is 9.13 Å². The summed E-state index contributed by atoms with van der Waals surface area (Å²) in [6.07, 6.45) is 3.79. The van der Waals surface area contributed by atoms with Crippen LogP contribution in [0.3, 0.4) is 0 Å². The highest BCUT2D eigenvalue weighted by Crippen LogP contribution is 2.33. The van der Waals surface area contributed by atoms with Crippen molar-refractivity contribution in [1.29, 1.82) is 0 Å². The number of methoxy groups -OCH3 is 1. The summed E-state index contributed by atoms with van der Waals surface area (Å²) in [5, 5.41) is 10.6. The van der Waals surface area contributed by atoms with Crippen molar-refractivity contribution in [3.63, 3.8) is 0 Å². The summed E-state index contributed by atoms with van der Waals surface area (Å²) in [6.45, 7) is 3.68. The number of anilines is 3. The van der Waals surface area contributed by atoms with E-state index >= 15 is 4.39 Å². The molecular formula is C21H26FN7O. The van der Waals surface area contributed by atoms with Crippen LogP contribution >= 0.6 is 0 Å². The highest BCUT2D eigenvalue weighted by molar-refractivity contribution is 5.64. The number of aromatic nitrogens is 4. The van der Waals surface area contributed by atoms with Gasteiger partial charge in [0, 0.05) is 37.1 Å². The minimum absolute atomic E-state index is 0.251. The fourth-order valence-electron chi connectivity index (χ4n) is 3.68. The standard InChI is InChI=1S/C21H26FN7O/c1-13-10-18(23-2)26-21(24-13)25-16-7-8-17(30-4)20(19(16)22)29-12-14-11-28(3)9-5-6-15(14)27-29/h7-8,10,12H,5-6,9,11H2,1-4H3,(H2,23,24,25,26). The van der Waals surface area contributed by atoms with E-state index in [2.05, 4.69) is 37.6 Å². The van der Waals surface area contributed by atoms with Gasteiger partial charge in [-0.2, -0.15) is 10.1 Å². The Bertz CT molecular complexity index is 1070. The van der Waals surface area contributed by atoms with Gasteiger partial charge in [-0.05, 0) is 45.5 Å². The number of nitrogens with one attached hydrogen (secondary N) is 2. The Hall–Kier alpha value is -3.20. The number of hydrogen-bond acceptors (Lipinski definition) is 7. The topological polar surface area (TPSA) is 80.1 Å². The van der Waals surface area contributed by atoms with Crippen LogP contribution in [0.1, 0.15) is 23.4 Å². The smallest absolute Gasteiger partial charge is 0.229 e. The van der Waals surface area contributed by atoms with Crippen LogP contribution in [0.25, 0.3) is 5.69 Å². The summed E-state index contributed by atoms with van der Waals surface area (Å²) in [5.41, 5.74) is 3.39. The summed E-state index contributed by atoms with van der Waals surface area (Å²) in [5.74, 6) is 0.896. The minimum Gasteiger partial charge on any atom is -0.494 e. The third-order valence-electron chi connectivity index (χ3n) is 5.16. The van der Waals surface area contributed by atoms with Crippen molar-refractivity contribution in [3.05, 3.63) is 47.2 Å². The quantitative estimate of drug-likeness (QED) is 0.667. The van der Waals surface area contributed by atoms with Gasteiger partial charge in [0.25, 0.3) is 0 Å². The van der Waals surface area contributed by atoms with Crippen molar-refractivity contribution in [1.82, 2.24) is 24.6 Å². The third kappa shape index (κ3) is 3.93. The van der Waals surface area contributed by atoms with Gasteiger partial charge in [0.2, 0.25) is 5.95 Å². The molecule has 0 saturated carbocycles. The van der Waals surface area contributed by atoms with E-state index in [0.717, 1.165) is 42.9 Å². The molecule has 0 bridgehead atoms. The van der Waals surface area contributed by atoms with Crippen LogP contribution < -0.4 is 15.4 Å². The van der Waals surface area contributed by atoms with Gasteiger partial charge >= 0.3 is 0 Å². The molecule has 3 aromatic rings. The van der Waals surface area contributed by atoms with Crippen LogP contribution in [0, 0.1) is 12.7 Å². The Morgan fingerprint density at radius 1 is 1.23 bits per heavy atom. The fraction of sp³-hybridized carbons (Fsp3) is 0.381. The van der Waals surface area contributed by atoms with E-state index in [1.165, 1.54) is 7.11 Å². The maximum absolute atomic E-state index is 15.6. The first-order valence-corrected chi connectivity index (χ1v) is 9.91.